The van der Waals surface area contributed by atoms with E-state index in [1.54, 1.807) is 6.92 Å². The van der Waals surface area contributed by atoms with Crippen molar-refractivity contribution in [3.63, 3.8) is 0 Å². The van der Waals surface area contributed by atoms with Crippen LogP contribution in [0.5, 0.6) is 0 Å². The zero-order chi connectivity index (χ0) is 13.9. The summed E-state index contributed by atoms with van der Waals surface area (Å²) in [5.41, 5.74) is 0. The van der Waals surface area contributed by atoms with E-state index in [2.05, 4.69) is 9.05 Å². The molecule has 8 nitrogen and oxygen atoms in total. The third kappa shape index (κ3) is 26.1. The summed E-state index contributed by atoms with van der Waals surface area (Å²) in [6, 6.07) is 0. The first-order chi connectivity index (χ1) is 7.62. The standard InChI is InChI=1S/C4H11O4P.C3H9O4P/c1-2-3-4-8-9(5,6)7;1-2-3-7-8(4,5)6/h2-4H2,1H3,(H2,5,6,7);2-3H2,1H3,(H2,4,5,6). The minimum absolute atomic E-state index is 0.115. The summed E-state index contributed by atoms with van der Waals surface area (Å²) in [6.45, 7) is 3.95. The first kappa shape index (κ1) is 19.6. The van der Waals surface area contributed by atoms with Gasteiger partial charge in [0.2, 0.25) is 0 Å². The molecule has 4 N–H and O–H groups in total. The third-order valence-electron chi connectivity index (χ3n) is 1.22. The third-order valence-corrected chi connectivity index (χ3v) is 2.26. The number of phosphoric ester groups is 2. The highest BCUT2D eigenvalue weighted by Gasteiger charge is 2.12. The van der Waals surface area contributed by atoms with Crippen molar-refractivity contribution >= 4 is 15.6 Å². The lowest BCUT2D eigenvalue weighted by molar-refractivity contribution is 0.194. The van der Waals surface area contributed by atoms with E-state index in [-0.39, 0.29) is 13.2 Å². The van der Waals surface area contributed by atoms with Crippen LogP contribution >= 0.6 is 15.6 Å². The van der Waals surface area contributed by atoms with Gasteiger partial charge in [0.1, 0.15) is 0 Å². The molecule has 10 heteroatoms. The first-order valence-electron chi connectivity index (χ1n) is 5.02. The Morgan fingerprint density at radius 3 is 1.47 bits per heavy atom. The maximum Gasteiger partial charge on any atom is 0.469 e. The lowest BCUT2D eigenvalue weighted by Crippen LogP contribution is -1.90. The van der Waals surface area contributed by atoms with Gasteiger partial charge in [-0.15, -0.1) is 0 Å². The number of hydrogen-bond acceptors (Lipinski definition) is 4. The van der Waals surface area contributed by atoms with Crippen LogP contribution in [-0.4, -0.2) is 32.8 Å². The Hall–Kier alpha value is 0.220. The molecule has 0 rings (SSSR count). The molecule has 0 heterocycles. The van der Waals surface area contributed by atoms with E-state index >= 15 is 0 Å². The lowest BCUT2D eigenvalue weighted by Gasteiger charge is -2.02. The molecule has 0 aromatic carbocycles. The molecular formula is C7H20O8P2. The van der Waals surface area contributed by atoms with E-state index in [1.165, 1.54) is 0 Å². The topological polar surface area (TPSA) is 134 Å². The second-order valence-electron chi connectivity index (χ2n) is 3.00. The molecule has 0 atom stereocenters. The SMILES string of the molecule is CCCCOP(=O)(O)O.CCCOP(=O)(O)O. The van der Waals surface area contributed by atoms with Crippen molar-refractivity contribution in [1.29, 1.82) is 0 Å². The molecule has 0 aliphatic carbocycles. The maximum atomic E-state index is 9.98. The zero-order valence-corrected chi connectivity index (χ0v) is 11.6. The number of hydrogen-bond donors (Lipinski definition) is 4. The molecular weight excluding hydrogens is 274 g/mol. The predicted octanol–water partition coefficient (Wildman–Crippen LogP) is 1.40. The highest BCUT2D eigenvalue weighted by atomic mass is 31.2. The highest BCUT2D eigenvalue weighted by molar-refractivity contribution is 7.46. The van der Waals surface area contributed by atoms with Crippen molar-refractivity contribution in [2.75, 3.05) is 13.2 Å². The summed E-state index contributed by atoms with van der Waals surface area (Å²) < 4.78 is 28.0. The minimum atomic E-state index is -4.20. The molecule has 0 spiro atoms. The quantitative estimate of drug-likeness (QED) is 0.409. The second-order valence-corrected chi connectivity index (χ2v) is 5.48. The van der Waals surface area contributed by atoms with Crippen LogP contribution < -0.4 is 0 Å². The van der Waals surface area contributed by atoms with Gasteiger partial charge in [0.05, 0.1) is 13.2 Å². The van der Waals surface area contributed by atoms with E-state index in [0.29, 0.717) is 12.8 Å². The van der Waals surface area contributed by atoms with Gasteiger partial charge < -0.3 is 19.6 Å². The summed E-state index contributed by atoms with van der Waals surface area (Å²) in [5, 5.41) is 0. The van der Waals surface area contributed by atoms with Crippen molar-refractivity contribution in [1.82, 2.24) is 0 Å². The molecule has 17 heavy (non-hydrogen) atoms. The Morgan fingerprint density at radius 1 is 0.824 bits per heavy atom. The van der Waals surface area contributed by atoms with Crippen LogP contribution in [-0.2, 0) is 18.2 Å². The minimum Gasteiger partial charge on any atom is -0.303 e. The summed E-state index contributed by atoms with van der Waals surface area (Å²) in [6.07, 6.45) is 2.18. The number of rotatable bonds is 7. The Bertz CT molecular complexity index is 257. The van der Waals surface area contributed by atoms with Gasteiger partial charge in [0.25, 0.3) is 0 Å². The fourth-order valence-electron chi connectivity index (χ4n) is 0.538. The van der Waals surface area contributed by atoms with E-state index in [9.17, 15) is 9.13 Å². The number of phosphoric acid groups is 2. The van der Waals surface area contributed by atoms with E-state index < -0.39 is 15.6 Å². The van der Waals surface area contributed by atoms with E-state index in [4.69, 9.17) is 19.6 Å². The smallest absolute Gasteiger partial charge is 0.303 e. The molecule has 0 fully saturated rings. The van der Waals surface area contributed by atoms with Gasteiger partial charge in [0.15, 0.2) is 0 Å². The zero-order valence-electron chi connectivity index (χ0n) is 9.85. The van der Waals surface area contributed by atoms with Gasteiger partial charge in [-0.3, -0.25) is 9.05 Å². The van der Waals surface area contributed by atoms with Gasteiger partial charge in [-0.1, -0.05) is 20.3 Å². The van der Waals surface area contributed by atoms with Crippen LogP contribution in [0.25, 0.3) is 0 Å². The normalized spacial score (nSPS) is 11.9. The monoisotopic (exact) mass is 294 g/mol. The van der Waals surface area contributed by atoms with Crippen molar-refractivity contribution < 1.29 is 37.8 Å². The Balaban J connectivity index is 0. The summed E-state index contributed by atoms with van der Waals surface area (Å²) in [5.74, 6) is 0. The lowest BCUT2D eigenvalue weighted by atomic mass is 10.4. The fraction of sp³-hybridized carbons (Fsp3) is 1.00. The van der Waals surface area contributed by atoms with Gasteiger partial charge in [-0.25, -0.2) is 9.13 Å². The Labute approximate surface area is 100 Å². The molecule has 0 aliphatic heterocycles. The van der Waals surface area contributed by atoms with Gasteiger partial charge in [-0.05, 0) is 12.8 Å². The second kappa shape index (κ2) is 10.2. The summed E-state index contributed by atoms with van der Waals surface area (Å²) in [7, 11) is -8.38. The van der Waals surface area contributed by atoms with Gasteiger partial charge in [0, 0.05) is 0 Å². The molecule has 0 radical (unpaired) electrons. The van der Waals surface area contributed by atoms with Crippen LogP contribution in [0.15, 0.2) is 0 Å². The molecule has 0 saturated heterocycles. The molecule has 0 aliphatic rings. The van der Waals surface area contributed by atoms with Crippen LogP contribution in [0.2, 0.25) is 0 Å². The summed E-state index contributed by atoms with van der Waals surface area (Å²) >= 11 is 0. The van der Waals surface area contributed by atoms with Crippen molar-refractivity contribution in [2.24, 2.45) is 0 Å². The molecule has 0 amide bonds. The average molecular weight is 294 g/mol. The van der Waals surface area contributed by atoms with Gasteiger partial charge >= 0.3 is 15.6 Å². The Morgan fingerprint density at radius 2 is 1.24 bits per heavy atom. The molecule has 0 bridgehead atoms. The average Bonchev–Trinajstić information content (AvgIpc) is 2.13. The largest absolute Gasteiger partial charge is 0.469 e. The molecule has 0 saturated carbocycles. The highest BCUT2D eigenvalue weighted by Crippen LogP contribution is 2.36. The van der Waals surface area contributed by atoms with Crippen LogP contribution in [0, 0.1) is 0 Å². The Kier molecular flexibility index (Phi) is 11.7. The summed E-state index contributed by atoms with van der Waals surface area (Å²) in [4.78, 5) is 32.3. The first-order valence-corrected chi connectivity index (χ1v) is 8.08. The van der Waals surface area contributed by atoms with Crippen molar-refractivity contribution in [3.8, 4) is 0 Å². The van der Waals surface area contributed by atoms with Crippen molar-refractivity contribution in [3.05, 3.63) is 0 Å². The van der Waals surface area contributed by atoms with Crippen LogP contribution in [0.4, 0.5) is 0 Å². The molecule has 0 unspecified atom stereocenters. The van der Waals surface area contributed by atoms with Crippen molar-refractivity contribution in [2.45, 2.75) is 33.1 Å². The van der Waals surface area contributed by atoms with Gasteiger partial charge in [-0.2, -0.15) is 0 Å². The predicted molar refractivity (Wildman–Crippen MR) is 61.2 cm³/mol. The molecule has 106 valence electrons. The number of unbranched alkanes of at least 4 members (excludes halogenated alkanes) is 1. The molecule has 0 aromatic rings. The van der Waals surface area contributed by atoms with E-state index in [1.807, 2.05) is 6.92 Å². The van der Waals surface area contributed by atoms with Crippen LogP contribution in [0.3, 0.4) is 0 Å². The maximum absolute atomic E-state index is 9.98. The van der Waals surface area contributed by atoms with E-state index in [0.717, 1.165) is 6.42 Å². The van der Waals surface area contributed by atoms with Crippen LogP contribution in [0.1, 0.15) is 33.1 Å². The molecule has 0 aromatic heterocycles. The fourth-order valence-corrected chi connectivity index (χ4v) is 1.33.